The highest BCUT2D eigenvalue weighted by Gasteiger charge is 2.25. The van der Waals surface area contributed by atoms with Crippen molar-refractivity contribution in [1.29, 1.82) is 0 Å². The van der Waals surface area contributed by atoms with E-state index in [9.17, 15) is 18.4 Å². The van der Waals surface area contributed by atoms with Crippen LogP contribution in [0.1, 0.15) is 10.4 Å². The quantitative estimate of drug-likeness (QED) is 0.801. The zero-order valence-electron chi connectivity index (χ0n) is 14.3. The van der Waals surface area contributed by atoms with Gasteiger partial charge in [0.15, 0.2) is 6.61 Å². The first-order chi connectivity index (χ1) is 12.9. The molecule has 0 N–H and O–H groups in total. The zero-order valence-corrected chi connectivity index (χ0v) is 15.1. The molecule has 0 atom stereocenters. The van der Waals surface area contributed by atoms with Crippen LogP contribution in [-0.4, -0.2) is 54.4 Å². The molecule has 5 nitrogen and oxygen atoms in total. The van der Waals surface area contributed by atoms with Gasteiger partial charge in [-0.15, -0.1) is 0 Å². The molecule has 0 aliphatic carbocycles. The largest absolute Gasteiger partial charge is 0.484 e. The predicted octanol–water partition coefficient (Wildman–Crippen LogP) is 2.98. The van der Waals surface area contributed by atoms with Crippen LogP contribution < -0.4 is 4.74 Å². The molecule has 2 aromatic carbocycles. The lowest BCUT2D eigenvalue weighted by molar-refractivity contribution is -0.134. The second-order valence-electron chi connectivity index (χ2n) is 6.05. The maximum absolute atomic E-state index is 13.3. The molecule has 0 spiro atoms. The Kier molecular flexibility index (Phi) is 5.91. The van der Waals surface area contributed by atoms with Crippen molar-refractivity contribution in [3.63, 3.8) is 0 Å². The van der Waals surface area contributed by atoms with Crippen molar-refractivity contribution in [2.24, 2.45) is 0 Å². The molecular formula is C19H17ClF2N2O3. The molecule has 27 heavy (non-hydrogen) atoms. The van der Waals surface area contributed by atoms with Gasteiger partial charge in [0.1, 0.15) is 17.4 Å². The molecule has 0 saturated carbocycles. The highest BCUT2D eigenvalue weighted by molar-refractivity contribution is 6.30. The number of hydrogen-bond acceptors (Lipinski definition) is 3. The van der Waals surface area contributed by atoms with Crippen molar-refractivity contribution in [3.05, 3.63) is 64.7 Å². The SMILES string of the molecule is O=C(COc1ccc(F)c(Cl)c1)N1CCN(C(=O)c2cccc(F)c2)CC1. The van der Waals surface area contributed by atoms with Crippen molar-refractivity contribution in [2.45, 2.75) is 0 Å². The fourth-order valence-electron chi connectivity index (χ4n) is 2.77. The fourth-order valence-corrected chi connectivity index (χ4v) is 2.94. The van der Waals surface area contributed by atoms with E-state index in [4.69, 9.17) is 16.3 Å². The Morgan fingerprint density at radius 2 is 1.70 bits per heavy atom. The average molecular weight is 395 g/mol. The van der Waals surface area contributed by atoms with Crippen LogP contribution in [0.25, 0.3) is 0 Å². The fraction of sp³-hybridized carbons (Fsp3) is 0.263. The van der Waals surface area contributed by atoms with Gasteiger partial charge in [-0.25, -0.2) is 8.78 Å². The van der Waals surface area contributed by atoms with Crippen molar-refractivity contribution >= 4 is 23.4 Å². The number of hydrogen-bond donors (Lipinski definition) is 0. The van der Waals surface area contributed by atoms with Gasteiger partial charge in [-0.1, -0.05) is 17.7 Å². The van der Waals surface area contributed by atoms with Gasteiger partial charge in [0.25, 0.3) is 11.8 Å². The van der Waals surface area contributed by atoms with Crippen LogP contribution in [-0.2, 0) is 4.79 Å². The summed E-state index contributed by atoms with van der Waals surface area (Å²) in [6.45, 7) is 1.20. The molecule has 1 fully saturated rings. The van der Waals surface area contributed by atoms with Gasteiger partial charge in [0.2, 0.25) is 0 Å². The Hall–Kier alpha value is -2.67. The minimum atomic E-state index is -0.561. The topological polar surface area (TPSA) is 49.9 Å². The number of carbonyl (C=O) groups is 2. The van der Waals surface area contributed by atoms with Crippen molar-refractivity contribution in [2.75, 3.05) is 32.8 Å². The van der Waals surface area contributed by atoms with E-state index in [0.717, 1.165) is 0 Å². The first-order valence-electron chi connectivity index (χ1n) is 8.34. The summed E-state index contributed by atoms with van der Waals surface area (Å²) >= 11 is 5.67. The van der Waals surface area contributed by atoms with Crippen LogP contribution in [0.15, 0.2) is 42.5 Å². The number of amides is 2. The van der Waals surface area contributed by atoms with Gasteiger partial charge in [-0.05, 0) is 30.3 Å². The Bertz CT molecular complexity index is 855. The summed E-state index contributed by atoms with van der Waals surface area (Å²) in [5, 5.41) is -0.0792. The molecule has 1 saturated heterocycles. The highest BCUT2D eigenvalue weighted by Crippen LogP contribution is 2.21. The van der Waals surface area contributed by atoms with Crippen LogP contribution in [0.5, 0.6) is 5.75 Å². The number of rotatable bonds is 4. The summed E-state index contributed by atoms with van der Waals surface area (Å²) in [5.74, 6) is -1.23. The lowest BCUT2D eigenvalue weighted by atomic mass is 10.1. The summed E-state index contributed by atoms with van der Waals surface area (Å²) in [7, 11) is 0. The van der Waals surface area contributed by atoms with Gasteiger partial charge in [0, 0.05) is 37.8 Å². The molecule has 2 amide bonds. The Balaban J connectivity index is 1.50. The van der Waals surface area contributed by atoms with Crippen LogP contribution >= 0.6 is 11.6 Å². The number of halogens is 3. The monoisotopic (exact) mass is 394 g/mol. The molecule has 0 aromatic heterocycles. The molecule has 3 rings (SSSR count). The predicted molar refractivity (Wildman–Crippen MR) is 95.8 cm³/mol. The minimum absolute atomic E-state index is 0.0792. The second kappa shape index (κ2) is 8.35. The zero-order chi connectivity index (χ0) is 19.4. The van der Waals surface area contributed by atoms with Gasteiger partial charge in [-0.3, -0.25) is 9.59 Å². The third-order valence-electron chi connectivity index (χ3n) is 4.24. The van der Waals surface area contributed by atoms with Gasteiger partial charge in [0.05, 0.1) is 5.02 Å². The van der Waals surface area contributed by atoms with Gasteiger partial charge >= 0.3 is 0 Å². The Morgan fingerprint density at radius 1 is 1.00 bits per heavy atom. The van der Waals surface area contributed by atoms with Gasteiger partial charge in [-0.2, -0.15) is 0 Å². The van der Waals surface area contributed by atoms with Crippen molar-refractivity contribution in [1.82, 2.24) is 9.80 Å². The van der Waals surface area contributed by atoms with E-state index in [1.165, 1.54) is 36.4 Å². The average Bonchev–Trinajstić information content (AvgIpc) is 2.68. The third kappa shape index (κ3) is 4.74. The first-order valence-corrected chi connectivity index (χ1v) is 8.72. The van der Waals surface area contributed by atoms with Gasteiger partial charge < -0.3 is 14.5 Å². The Labute approximate surface area is 160 Å². The number of nitrogens with zero attached hydrogens (tertiary/aromatic N) is 2. The number of carbonyl (C=O) groups excluding carboxylic acids is 2. The smallest absolute Gasteiger partial charge is 0.260 e. The second-order valence-corrected chi connectivity index (χ2v) is 6.46. The Morgan fingerprint density at radius 3 is 2.37 bits per heavy atom. The normalized spacial score (nSPS) is 14.2. The van der Waals surface area contributed by atoms with E-state index in [-0.39, 0.29) is 29.0 Å². The minimum Gasteiger partial charge on any atom is -0.484 e. The van der Waals surface area contributed by atoms with Crippen LogP contribution in [0.2, 0.25) is 5.02 Å². The summed E-state index contributed by atoms with van der Waals surface area (Å²) in [5.41, 5.74) is 0.284. The lowest BCUT2D eigenvalue weighted by Crippen LogP contribution is -2.51. The van der Waals surface area contributed by atoms with E-state index in [1.54, 1.807) is 15.9 Å². The number of piperazine rings is 1. The first kappa shape index (κ1) is 19.1. The van der Waals surface area contributed by atoms with E-state index in [0.29, 0.717) is 31.9 Å². The summed E-state index contributed by atoms with van der Waals surface area (Å²) in [6.07, 6.45) is 0. The molecule has 0 radical (unpaired) electrons. The van der Waals surface area contributed by atoms with E-state index in [2.05, 4.69) is 0 Å². The maximum Gasteiger partial charge on any atom is 0.260 e. The van der Waals surface area contributed by atoms with Crippen LogP contribution in [0, 0.1) is 11.6 Å². The third-order valence-corrected chi connectivity index (χ3v) is 4.53. The van der Waals surface area contributed by atoms with E-state index in [1.807, 2.05) is 0 Å². The van der Waals surface area contributed by atoms with Crippen molar-refractivity contribution in [3.8, 4) is 5.75 Å². The van der Waals surface area contributed by atoms with Crippen LogP contribution in [0.3, 0.4) is 0 Å². The molecule has 2 aromatic rings. The van der Waals surface area contributed by atoms with E-state index < -0.39 is 11.6 Å². The molecular weight excluding hydrogens is 378 g/mol. The number of benzene rings is 2. The molecule has 0 bridgehead atoms. The molecule has 1 heterocycles. The lowest BCUT2D eigenvalue weighted by Gasteiger charge is -2.34. The molecule has 0 unspecified atom stereocenters. The molecule has 1 aliphatic heterocycles. The molecule has 142 valence electrons. The maximum atomic E-state index is 13.3. The highest BCUT2D eigenvalue weighted by atomic mass is 35.5. The molecule has 1 aliphatic rings. The van der Waals surface area contributed by atoms with E-state index >= 15 is 0 Å². The summed E-state index contributed by atoms with van der Waals surface area (Å²) in [6, 6.07) is 9.39. The standard InChI is InChI=1S/C19H17ClF2N2O3/c20-16-11-15(4-5-17(16)22)27-12-18(25)23-6-8-24(9-7-23)19(26)13-2-1-3-14(21)10-13/h1-5,10-11H,6-9,12H2. The van der Waals surface area contributed by atoms with Crippen LogP contribution in [0.4, 0.5) is 8.78 Å². The summed E-state index contributed by atoms with van der Waals surface area (Å²) in [4.78, 5) is 27.8. The number of ether oxygens (including phenoxy) is 1. The van der Waals surface area contributed by atoms with Crippen molar-refractivity contribution < 1.29 is 23.1 Å². The summed E-state index contributed by atoms with van der Waals surface area (Å²) < 4.78 is 31.7. The molecule has 8 heteroatoms.